The van der Waals surface area contributed by atoms with Crippen LogP contribution < -0.4 is 11.1 Å². The molecular formula is C15H14Cl2N2. The molecule has 0 bridgehead atoms. The van der Waals surface area contributed by atoms with Crippen molar-refractivity contribution in [2.45, 2.75) is 18.4 Å². The summed E-state index contributed by atoms with van der Waals surface area (Å²) < 4.78 is 0. The Labute approximate surface area is 122 Å². The van der Waals surface area contributed by atoms with Crippen LogP contribution in [0.2, 0.25) is 10.0 Å². The molecule has 2 atom stereocenters. The molecule has 2 unspecified atom stereocenters. The first-order valence-corrected chi connectivity index (χ1v) is 6.97. The van der Waals surface area contributed by atoms with E-state index in [1.54, 1.807) is 12.1 Å². The van der Waals surface area contributed by atoms with Gasteiger partial charge in [0.25, 0.3) is 0 Å². The van der Waals surface area contributed by atoms with Crippen molar-refractivity contribution in [3.63, 3.8) is 0 Å². The molecule has 2 nitrogen and oxygen atoms in total. The molecule has 1 aliphatic carbocycles. The summed E-state index contributed by atoms with van der Waals surface area (Å²) in [5.74, 6) is 0.551. The van der Waals surface area contributed by atoms with Gasteiger partial charge in [-0.2, -0.15) is 0 Å². The quantitative estimate of drug-likeness (QED) is 0.815. The van der Waals surface area contributed by atoms with Crippen molar-refractivity contribution in [1.29, 1.82) is 0 Å². The van der Waals surface area contributed by atoms with Crippen LogP contribution in [0.25, 0.3) is 0 Å². The van der Waals surface area contributed by atoms with Gasteiger partial charge in [-0.25, -0.2) is 0 Å². The summed E-state index contributed by atoms with van der Waals surface area (Å²) in [6, 6.07) is 14.4. The van der Waals surface area contributed by atoms with Crippen molar-refractivity contribution < 1.29 is 0 Å². The Morgan fingerprint density at radius 1 is 1.05 bits per heavy atom. The average molecular weight is 293 g/mol. The van der Waals surface area contributed by atoms with E-state index in [2.05, 4.69) is 29.6 Å². The van der Waals surface area contributed by atoms with Gasteiger partial charge in [0.05, 0.1) is 21.4 Å². The van der Waals surface area contributed by atoms with Gasteiger partial charge in [-0.1, -0.05) is 53.5 Å². The maximum atomic E-state index is 6.02. The second-order valence-electron chi connectivity index (χ2n) is 4.86. The Balaban J connectivity index is 1.73. The van der Waals surface area contributed by atoms with Crippen molar-refractivity contribution in [1.82, 2.24) is 0 Å². The van der Waals surface area contributed by atoms with Gasteiger partial charge < -0.3 is 11.1 Å². The van der Waals surface area contributed by atoms with Gasteiger partial charge in [-0.05, 0) is 24.1 Å². The fraction of sp³-hybridized carbons (Fsp3) is 0.200. The lowest BCUT2D eigenvalue weighted by Crippen LogP contribution is -2.06. The molecular weight excluding hydrogens is 279 g/mol. The topological polar surface area (TPSA) is 38.0 Å². The van der Waals surface area contributed by atoms with Gasteiger partial charge in [0.1, 0.15) is 0 Å². The lowest BCUT2D eigenvalue weighted by Gasteiger charge is -2.10. The smallest absolute Gasteiger partial charge is 0.0614 e. The van der Waals surface area contributed by atoms with Gasteiger partial charge in [-0.3, -0.25) is 0 Å². The highest BCUT2D eigenvalue weighted by Crippen LogP contribution is 2.44. The molecule has 0 saturated heterocycles. The third-order valence-electron chi connectivity index (χ3n) is 3.45. The number of benzene rings is 2. The van der Waals surface area contributed by atoms with E-state index < -0.39 is 0 Å². The molecule has 1 saturated carbocycles. The van der Waals surface area contributed by atoms with E-state index >= 15 is 0 Å². The highest BCUT2D eigenvalue weighted by Gasteiger charge is 2.38. The number of nitrogens with two attached hydrogens (primary N) is 1. The number of halogens is 2. The predicted octanol–water partition coefficient (Wildman–Crippen LogP) is 4.54. The Morgan fingerprint density at radius 3 is 2.47 bits per heavy atom. The zero-order valence-corrected chi connectivity index (χ0v) is 11.7. The van der Waals surface area contributed by atoms with Crippen LogP contribution in [0.15, 0.2) is 42.5 Å². The van der Waals surface area contributed by atoms with Gasteiger partial charge in [0, 0.05) is 12.0 Å². The van der Waals surface area contributed by atoms with Crippen molar-refractivity contribution in [2.24, 2.45) is 0 Å². The molecule has 0 aromatic heterocycles. The van der Waals surface area contributed by atoms with Crippen molar-refractivity contribution in [3.8, 4) is 0 Å². The Bertz CT molecular complexity index is 599. The van der Waals surface area contributed by atoms with E-state index in [4.69, 9.17) is 28.9 Å². The number of nitrogens with one attached hydrogen (secondary N) is 1. The minimum atomic E-state index is 0.418. The van der Waals surface area contributed by atoms with Crippen LogP contribution in [0.1, 0.15) is 17.9 Å². The van der Waals surface area contributed by atoms with Crippen LogP contribution >= 0.6 is 23.2 Å². The molecule has 4 heteroatoms. The lowest BCUT2D eigenvalue weighted by atomic mass is 10.1. The number of anilines is 2. The fourth-order valence-electron chi connectivity index (χ4n) is 2.31. The predicted molar refractivity (Wildman–Crippen MR) is 82.1 cm³/mol. The molecule has 0 aliphatic heterocycles. The number of rotatable bonds is 3. The third-order valence-corrected chi connectivity index (χ3v) is 4.17. The normalized spacial score (nSPS) is 21.2. The summed E-state index contributed by atoms with van der Waals surface area (Å²) in [7, 11) is 0. The third kappa shape index (κ3) is 2.65. The maximum absolute atomic E-state index is 6.02. The standard InChI is InChI=1S/C15H14Cl2N2/c16-11-7-13(18)15(8-12(11)17)19-14-6-10(14)9-4-2-1-3-5-9/h1-5,7-8,10,14,19H,6,18H2. The summed E-state index contributed by atoms with van der Waals surface area (Å²) in [6.45, 7) is 0. The molecule has 19 heavy (non-hydrogen) atoms. The Morgan fingerprint density at radius 2 is 1.74 bits per heavy atom. The highest BCUT2D eigenvalue weighted by atomic mass is 35.5. The SMILES string of the molecule is Nc1cc(Cl)c(Cl)cc1NC1CC1c1ccccc1. The van der Waals surface area contributed by atoms with Crippen molar-refractivity contribution in [2.75, 3.05) is 11.1 Å². The molecule has 0 heterocycles. The average Bonchev–Trinajstić information content (AvgIpc) is 3.16. The number of nitrogen functional groups attached to an aromatic ring is 1. The van der Waals surface area contributed by atoms with E-state index in [9.17, 15) is 0 Å². The molecule has 3 N–H and O–H groups in total. The fourth-order valence-corrected chi connectivity index (χ4v) is 2.65. The van der Waals surface area contributed by atoms with E-state index in [-0.39, 0.29) is 0 Å². The monoisotopic (exact) mass is 292 g/mol. The van der Waals surface area contributed by atoms with Crippen LogP contribution in [0.3, 0.4) is 0 Å². The van der Waals surface area contributed by atoms with Crippen LogP contribution in [0.5, 0.6) is 0 Å². The van der Waals surface area contributed by atoms with Crippen LogP contribution in [-0.4, -0.2) is 6.04 Å². The lowest BCUT2D eigenvalue weighted by molar-refractivity contribution is 1.05. The molecule has 1 aliphatic rings. The minimum absolute atomic E-state index is 0.418. The molecule has 2 aromatic carbocycles. The van der Waals surface area contributed by atoms with E-state index in [1.165, 1.54) is 5.56 Å². The van der Waals surface area contributed by atoms with E-state index in [0.717, 1.165) is 12.1 Å². The molecule has 1 fully saturated rings. The molecule has 0 amide bonds. The minimum Gasteiger partial charge on any atom is -0.397 e. The highest BCUT2D eigenvalue weighted by molar-refractivity contribution is 6.42. The second-order valence-corrected chi connectivity index (χ2v) is 5.67. The summed E-state index contributed by atoms with van der Waals surface area (Å²) in [6.07, 6.45) is 1.11. The summed E-state index contributed by atoms with van der Waals surface area (Å²) >= 11 is 11.9. The molecule has 98 valence electrons. The Hall–Kier alpha value is -1.38. The summed E-state index contributed by atoms with van der Waals surface area (Å²) in [5, 5.41) is 4.44. The molecule has 0 spiro atoms. The number of hydrogen-bond acceptors (Lipinski definition) is 2. The van der Waals surface area contributed by atoms with Gasteiger partial charge >= 0.3 is 0 Å². The summed E-state index contributed by atoms with van der Waals surface area (Å²) in [4.78, 5) is 0. The molecule has 3 rings (SSSR count). The van der Waals surface area contributed by atoms with Crippen molar-refractivity contribution in [3.05, 3.63) is 58.1 Å². The Kier molecular flexibility index (Phi) is 3.29. The van der Waals surface area contributed by atoms with Gasteiger partial charge in [0.15, 0.2) is 0 Å². The van der Waals surface area contributed by atoms with Gasteiger partial charge in [0.2, 0.25) is 0 Å². The van der Waals surface area contributed by atoms with Crippen molar-refractivity contribution >= 4 is 34.6 Å². The zero-order chi connectivity index (χ0) is 13.4. The first kappa shape index (κ1) is 12.6. The first-order valence-electron chi connectivity index (χ1n) is 6.21. The molecule has 0 radical (unpaired) electrons. The van der Waals surface area contributed by atoms with E-state index in [0.29, 0.717) is 27.7 Å². The van der Waals surface area contributed by atoms with Crippen LogP contribution in [-0.2, 0) is 0 Å². The van der Waals surface area contributed by atoms with E-state index in [1.807, 2.05) is 6.07 Å². The maximum Gasteiger partial charge on any atom is 0.0614 e. The van der Waals surface area contributed by atoms with Crippen LogP contribution in [0, 0.1) is 0 Å². The number of hydrogen-bond donors (Lipinski definition) is 2. The summed E-state index contributed by atoms with van der Waals surface area (Å²) in [5.41, 5.74) is 8.80. The largest absolute Gasteiger partial charge is 0.397 e. The van der Waals surface area contributed by atoms with Crippen LogP contribution in [0.4, 0.5) is 11.4 Å². The van der Waals surface area contributed by atoms with Gasteiger partial charge in [-0.15, -0.1) is 0 Å². The first-order chi connectivity index (χ1) is 9.15. The second kappa shape index (κ2) is 4.95. The molecule has 2 aromatic rings. The zero-order valence-electron chi connectivity index (χ0n) is 10.2.